The molecule has 35 heavy (non-hydrogen) atoms. The van der Waals surface area contributed by atoms with Crippen LogP contribution < -0.4 is 14.9 Å². The fraction of sp³-hybridized carbons (Fsp3) is 0.385. The normalized spacial score (nSPS) is 18.2. The molecular weight excluding hydrogens is 516 g/mol. The summed E-state index contributed by atoms with van der Waals surface area (Å²) in [4.78, 5) is 31.4. The van der Waals surface area contributed by atoms with Gasteiger partial charge in [-0.05, 0) is 42.3 Å². The zero-order chi connectivity index (χ0) is 24.5. The number of benzene rings is 2. The van der Waals surface area contributed by atoms with Crippen molar-refractivity contribution in [2.75, 3.05) is 53.6 Å². The van der Waals surface area contributed by atoms with Crippen molar-refractivity contribution in [2.24, 2.45) is 0 Å². The molecule has 1 atom stereocenters. The van der Waals surface area contributed by atoms with Crippen LogP contribution in [0, 0.1) is 0 Å². The average Bonchev–Trinajstić information content (AvgIpc) is 3.16. The maximum Gasteiger partial charge on any atom is 0.290 e. The molecule has 0 aliphatic carbocycles. The minimum atomic E-state index is -0.582. The highest BCUT2D eigenvalue weighted by Gasteiger charge is 2.42. The second kappa shape index (κ2) is 10.0. The first-order valence-electron chi connectivity index (χ1n) is 11.6. The van der Waals surface area contributed by atoms with Gasteiger partial charge in [0, 0.05) is 30.7 Å². The van der Waals surface area contributed by atoms with Crippen LogP contribution in [0.1, 0.15) is 34.1 Å². The number of halogens is 1. The second-order valence-electron chi connectivity index (χ2n) is 8.64. The first-order chi connectivity index (χ1) is 17.0. The average molecular weight is 543 g/mol. The monoisotopic (exact) mass is 542 g/mol. The van der Waals surface area contributed by atoms with Gasteiger partial charge in [-0.1, -0.05) is 22.0 Å². The van der Waals surface area contributed by atoms with Gasteiger partial charge >= 0.3 is 0 Å². The topological polar surface area (TPSA) is 81.5 Å². The van der Waals surface area contributed by atoms with E-state index in [1.165, 1.54) is 0 Å². The molecule has 1 fully saturated rings. The van der Waals surface area contributed by atoms with E-state index in [1.807, 2.05) is 12.1 Å². The first kappa shape index (κ1) is 23.8. The van der Waals surface area contributed by atoms with Crippen LogP contribution in [0.3, 0.4) is 0 Å². The van der Waals surface area contributed by atoms with Crippen LogP contribution >= 0.6 is 15.9 Å². The number of rotatable bonds is 7. The van der Waals surface area contributed by atoms with Crippen LogP contribution in [-0.4, -0.2) is 69.3 Å². The Hall–Kier alpha value is -2.88. The van der Waals surface area contributed by atoms with Gasteiger partial charge in [-0.15, -0.1) is 0 Å². The van der Waals surface area contributed by atoms with Crippen molar-refractivity contribution in [1.29, 1.82) is 0 Å². The molecule has 0 radical (unpaired) electrons. The molecule has 1 aromatic heterocycles. The fourth-order valence-electron chi connectivity index (χ4n) is 4.88. The highest BCUT2D eigenvalue weighted by molar-refractivity contribution is 9.10. The molecule has 0 bridgehead atoms. The molecule has 2 aliphatic rings. The minimum absolute atomic E-state index is 0.107. The van der Waals surface area contributed by atoms with E-state index < -0.39 is 6.04 Å². The van der Waals surface area contributed by atoms with Crippen LogP contribution in [0.2, 0.25) is 0 Å². The van der Waals surface area contributed by atoms with Crippen molar-refractivity contribution in [3.05, 3.63) is 68.0 Å². The summed E-state index contributed by atoms with van der Waals surface area (Å²) in [6.45, 7) is 4.55. The molecule has 184 valence electrons. The zero-order valence-electron chi connectivity index (χ0n) is 19.7. The van der Waals surface area contributed by atoms with Crippen molar-refractivity contribution in [3.8, 4) is 11.5 Å². The summed E-state index contributed by atoms with van der Waals surface area (Å²) in [7, 11) is 3.14. The number of ether oxygens (including phenoxy) is 3. The minimum Gasteiger partial charge on any atom is -0.493 e. The van der Waals surface area contributed by atoms with Gasteiger partial charge in [0.25, 0.3) is 5.91 Å². The van der Waals surface area contributed by atoms with Crippen molar-refractivity contribution in [3.63, 3.8) is 0 Å². The predicted octanol–water partition coefficient (Wildman–Crippen LogP) is 3.84. The Balaban J connectivity index is 1.57. The summed E-state index contributed by atoms with van der Waals surface area (Å²) in [5.74, 6) is 0.945. The SMILES string of the molecule is COc1ccc([C@@H]2c3c(oc4ccc(Br)cc4c3=O)C(=O)N2CCCN2CCOCC2)cc1OC. The Morgan fingerprint density at radius 1 is 1.00 bits per heavy atom. The summed E-state index contributed by atoms with van der Waals surface area (Å²) in [5.41, 5.74) is 1.32. The van der Waals surface area contributed by atoms with Gasteiger partial charge in [0.1, 0.15) is 5.58 Å². The summed E-state index contributed by atoms with van der Waals surface area (Å²) in [6.07, 6.45) is 0.767. The van der Waals surface area contributed by atoms with E-state index in [2.05, 4.69) is 20.8 Å². The maximum atomic E-state index is 13.7. The van der Waals surface area contributed by atoms with Crippen molar-refractivity contribution in [1.82, 2.24) is 9.80 Å². The summed E-state index contributed by atoms with van der Waals surface area (Å²) in [6, 6.07) is 10.1. The number of methoxy groups -OCH3 is 2. The molecule has 2 aliphatic heterocycles. The Kier molecular flexibility index (Phi) is 6.82. The van der Waals surface area contributed by atoms with Crippen LogP contribution in [0.25, 0.3) is 11.0 Å². The summed E-state index contributed by atoms with van der Waals surface area (Å²) in [5, 5.41) is 0.437. The van der Waals surface area contributed by atoms with E-state index in [0.717, 1.165) is 49.3 Å². The summed E-state index contributed by atoms with van der Waals surface area (Å²) < 4.78 is 23.1. The van der Waals surface area contributed by atoms with Gasteiger partial charge < -0.3 is 23.5 Å². The maximum absolute atomic E-state index is 13.7. The van der Waals surface area contributed by atoms with Crippen molar-refractivity contribution in [2.45, 2.75) is 12.5 Å². The lowest BCUT2D eigenvalue weighted by Crippen LogP contribution is -2.38. The number of nitrogens with zero attached hydrogens (tertiary/aromatic N) is 2. The number of hydrogen-bond donors (Lipinski definition) is 0. The lowest BCUT2D eigenvalue weighted by atomic mass is 9.98. The molecule has 2 aromatic carbocycles. The second-order valence-corrected chi connectivity index (χ2v) is 9.55. The first-order valence-corrected chi connectivity index (χ1v) is 12.4. The van der Waals surface area contributed by atoms with Crippen LogP contribution in [-0.2, 0) is 4.74 Å². The third-order valence-corrected chi connectivity index (χ3v) is 7.12. The van der Waals surface area contributed by atoms with Gasteiger partial charge in [0.15, 0.2) is 16.9 Å². The lowest BCUT2D eigenvalue weighted by molar-refractivity contribution is 0.0353. The third kappa shape index (κ3) is 4.44. The fourth-order valence-corrected chi connectivity index (χ4v) is 5.24. The van der Waals surface area contributed by atoms with Crippen LogP contribution in [0.4, 0.5) is 0 Å². The molecule has 3 aromatic rings. The number of amides is 1. The molecule has 3 heterocycles. The van der Waals surface area contributed by atoms with Crippen molar-refractivity contribution < 1.29 is 23.4 Å². The quantitative estimate of drug-likeness (QED) is 0.448. The molecule has 1 amide bonds. The molecule has 0 unspecified atom stereocenters. The van der Waals surface area contributed by atoms with E-state index in [9.17, 15) is 9.59 Å². The number of carbonyl (C=O) groups is 1. The van der Waals surface area contributed by atoms with Crippen LogP contribution in [0.15, 0.2) is 50.1 Å². The molecular formula is C26H27BrN2O6. The van der Waals surface area contributed by atoms with Gasteiger partial charge in [0.2, 0.25) is 5.76 Å². The molecule has 8 nitrogen and oxygen atoms in total. The number of hydrogen-bond acceptors (Lipinski definition) is 7. The Labute approximate surface area is 211 Å². The number of carbonyl (C=O) groups excluding carboxylic acids is 1. The molecule has 0 saturated carbocycles. The highest BCUT2D eigenvalue weighted by atomic mass is 79.9. The third-order valence-electron chi connectivity index (χ3n) is 6.63. The van der Waals surface area contributed by atoms with E-state index in [4.69, 9.17) is 18.6 Å². The highest BCUT2D eigenvalue weighted by Crippen LogP contribution is 2.41. The Bertz CT molecular complexity index is 1320. The lowest BCUT2D eigenvalue weighted by Gasteiger charge is -2.29. The largest absolute Gasteiger partial charge is 0.493 e. The van der Waals surface area contributed by atoms with Gasteiger partial charge in [-0.3, -0.25) is 14.5 Å². The molecule has 5 rings (SSSR count). The number of fused-ring (bicyclic) bond motifs is 2. The standard InChI is InChI=1S/C26H27BrN2O6/c1-32-20-6-4-16(14-21(20)33-2)23-22-24(30)18-15-17(27)5-7-19(18)35-25(22)26(31)29(23)9-3-8-28-10-12-34-13-11-28/h4-7,14-15,23H,3,8-13H2,1-2H3/t23-/m1/s1. The summed E-state index contributed by atoms with van der Waals surface area (Å²) >= 11 is 3.44. The smallest absolute Gasteiger partial charge is 0.290 e. The van der Waals surface area contributed by atoms with Gasteiger partial charge in [-0.25, -0.2) is 0 Å². The Morgan fingerprint density at radius 3 is 2.51 bits per heavy atom. The molecule has 0 spiro atoms. The van der Waals surface area contributed by atoms with Gasteiger partial charge in [-0.2, -0.15) is 0 Å². The zero-order valence-corrected chi connectivity index (χ0v) is 21.3. The number of morpholine rings is 1. The molecule has 1 saturated heterocycles. The molecule has 9 heteroatoms. The Morgan fingerprint density at radius 2 is 1.77 bits per heavy atom. The molecule has 0 N–H and O–H groups in total. The van der Waals surface area contributed by atoms with E-state index >= 15 is 0 Å². The van der Waals surface area contributed by atoms with E-state index in [0.29, 0.717) is 34.6 Å². The van der Waals surface area contributed by atoms with Crippen LogP contribution in [0.5, 0.6) is 11.5 Å². The van der Waals surface area contributed by atoms with E-state index in [1.54, 1.807) is 43.4 Å². The predicted molar refractivity (Wildman–Crippen MR) is 134 cm³/mol. The van der Waals surface area contributed by atoms with Gasteiger partial charge in [0.05, 0.1) is 44.4 Å². The van der Waals surface area contributed by atoms with E-state index in [-0.39, 0.29) is 17.1 Å². The van der Waals surface area contributed by atoms with Crippen molar-refractivity contribution >= 4 is 32.8 Å².